The van der Waals surface area contributed by atoms with E-state index in [0.29, 0.717) is 25.7 Å². The molecule has 0 rings (SSSR count). The van der Waals surface area contributed by atoms with Crippen molar-refractivity contribution in [3.63, 3.8) is 0 Å². The van der Waals surface area contributed by atoms with Crippen molar-refractivity contribution in [2.24, 2.45) is 0 Å². The van der Waals surface area contributed by atoms with E-state index in [1.807, 2.05) is 0 Å². The molecular weight excluding hydrogens is 707 g/mol. The van der Waals surface area contributed by atoms with Crippen LogP contribution < -0.4 is 5.32 Å². The number of carbonyl (C=O) groups excluding carboxylic acids is 2. The first-order valence-electron chi connectivity index (χ1n) is 24.4. The van der Waals surface area contributed by atoms with Crippen molar-refractivity contribution in [1.82, 2.24) is 5.32 Å². The number of hydrogen-bond donors (Lipinski definition) is 3. The van der Waals surface area contributed by atoms with Gasteiger partial charge in [0.05, 0.1) is 25.2 Å². The van der Waals surface area contributed by atoms with Crippen molar-refractivity contribution in [2.75, 3.05) is 6.61 Å². The minimum Gasteiger partial charge on any atom is -0.462 e. The van der Waals surface area contributed by atoms with Gasteiger partial charge in [-0.15, -0.1) is 0 Å². The largest absolute Gasteiger partial charge is 0.462 e. The summed E-state index contributed by atoms with van der Waals surface area (Å²) in [5.41, 5.74) is 0. The van der Waals surface area contributed by atoms with Gasteiger partial charge in [-0.2, -0.15) is 0 Å². The first-order chi connectivity index (χ1) is 28.0. The molecule has 3 N–H and O–H groups in total. The first kappa shape index (κ1) is 54.8. The molecule has 6 heteroatoms. The zero-order valence-corrected chi connectivity index (χ0v) is 37.7. The Labute approximate surface area is 353 Å². The highest BCUT2D eigenvalue weighted by Crippen LogP contribution is 2.17. The lowest BCUT2D eigenvalue weighted by molar-refractivity contribution is -0.151. The van der Waals surface area contributed by atoms with E-state index in [9.17, 15) is 19.8 Å². The van der Waals surface area contributed by atoms with Crippen molar-refractivity contribution < 1.29 is 24.5 Å². The first-order valence-corrected chi connectivity index (χ1v) is 24.4. The number of aliphatic hydroxyl groups is 2. The van der Waals surface area contributed by atoms with Gasteiger partial charge in [-0.1, -0.05) is 211 Å². The van der Waals surface area contributed by atoms with E-state index in [1.54, 1.807) is 0 Å². The fraction of sp³-hybridized carbons (Fsp3) is 0.804. The standard InChI is InChI=1S/C51H93NO5/c1-4-7-10-13-16-19-22-23-24-25-26-27-29-32-35-38-41-44-51(56)57-47(42-39-36-33-30-28-20-17-14-11-8-5-2)45-50(55)52-48(46-53)49(54)43-40-37-34-31-21-18-15-12-9-6-3/h16,19,23-24,26-27,32,35,47-49,53-54H,4-15,17-18,20-22,25,28-31,33-34,36-46H2,1-3H3,(H,52,55)/b19-16-,24-23-,27-26-,35-32-. The third-order valence-corrected chi connectivity index (χ3v) is 10.9. The van der Waals surface area contributed by atoms with Crippen molar-refractivity contribution in [3.05, 3.63) is 48.6 Å². The molecule has 0 saturated heterocycles. The lowest BCUT2D eigenvalue weighted by Gasteiger charge is -2.24. The second-order valence-corrected chi connectivity index (χ2v) is 16.5. The molecule has 0 radical (unpaired) electrons. The summed E-state index contributed by atoms with van der Waals surface area (Å²) >= 11 is 0. The zero-order valence-electron chi connectivity index (χ0n) is 37.7. The Balaban J connectivity index is 4.64. The van der Waals surface area contributed by atoms with Crippen LogP contribution in [0.5, 0.6) is 0 Å². The summed E-state index contributed by atoms with van der Waals surface area (Å²) in [7, 11) is 0. The zero-order chi connectivity index (χ0) is 41.7. The van der Waals surface area contributed by atoms with Crippen molar-refractivity contribution in [1.29, 1.82) is 0 Å². The van der Waals surface area contributed by atoms with Crippen LogP contribution in [0.15, 0.2) is 48.6 Å². The molecule has 0 bridgehead atoms. The van der Waals surface area contributed by atoms with E-state index in [4.69, 9.17) is 4.74 Å². The number of unbranched alkanes of at least 4 members (excludes halogenated alkanes) is 23. The fourth-order valence-electron chi connectivity index (χ4n) is 7.19. The van der Waals surface area contributed by atoms with Crippen LogP contribution in [0, 0.1) is 0 Å². The van der Waals surface area contributed by atoms with Crippen molar-refractivity contribution in [3.8, 4) is 0 Å². The smallest absolute Gasteiger partial charge is 0.306 e. The molecule has 0 aromatic heterocycles. The summed E-state index contributed by atoms with van der Waals surface area (Å²) in [4.78, 5) is 26.0. The van der Waals surface area contributed by atoms with Gasteiger partial charge < -0.3 is 20.3 Å². The number of allylic oxidation sites excluding steroid dienone is 8. The Bertz CT molecular complexity index is 988. The van der Waals surface area contributed by atoms with Crippen LogP contribution in [-0.2, 0) is 14.3 Å². The maximum atomic E-state index is 13.1. The van der Waals surface area contributed by atoms with E-state index in [0.717, 1.165) is 64.2 Å². The molecule has 0 aliphatic heterocycles. The van der Waals surface area contributed by atoms with E-state index < -0.39 is 18.2 Å². The molecule has 332 valence electrons. The normalized spacial score (nSPS) is 13.7. The van der Waals surface area contributed by atoms with Gasteiger partial charge in [0, 0.05) is 6.42 Å². The highest BCUT2D eigenvalue weighted by Gasteiger charge is 2.24. The van der Waals surface area contributed by atoms with Gasteiger partial charge in [-0.3, -0.25) is 9.59 Å². The van der Waals surface area contributed by atoms with Crippen LogP contribution in [0.4, 0.5) is 0 Å². The Morgan fingerprint density at radius 1 is 0.509 bits per heavy atom. The molecule has 0 heterocycles. The summed E-state index contributed by atoms with van der Waals surface area (Å²) in [6.07, 6.45) is 53.1. The van der Waals surface area contributed by atoms with Crippen LogP contribution >= 0.6 is 0 Å². The van der Waals surface area contributed by atoms with E-state index in [2.05, 4.69) is 74.7 Å². The number of hydrogen-bond acceptors (Lipinski definition) is 5. The summed E-state index contributed by atoms with van der Waals surface area (Å²) < 4.78 is 5.89. The van der Waals surface area contributed by atoms with E-state index in [-0.39, 0.29) is 24.9 Å². The maximum absolute atomic E-state index is 13.1. The van der Waals surface area contributed by atoms with Crippen LogP contribution in [0.3, 0.4) is 0 Å². The quantitative estimate of drug-likeness (QED) is 0.0324. The third kappa shape index (κ3) is 40.4. The van der Waals surface area contributed by atoms with Crippen LogP contribution in [0.25, 0.3) is 0 Å². The van der Waals surface area contributed by atoms with Crippen LogP contribution in [0.2, 0.25) is 0 Å². The summed E-state index contributed by atoms with van der Waals surface area (Å²) in [6, 6.07) is -0.709. The predicted octanol–water partition coefficient (Wildman–Crippen LogP) is 14.3. The molecule has 57 heavy (non-hydrogen) atoms. The lowest BCUT2D eigenvalue weighted by Crippen LogP contribution is -2.46. The van der Waals surface area contributed by atoms with Crippen molar-refractivity contribution in [2.45, 2.75) is 257 Å². The van der Waals surface area contributed by atoms with Gasteiger partial charge in [0.15, 0.2) is 0 Å². The number of rotatable bonds is 43. The lowest BCUT2D eigenvalue weighted by atomic mass is 10.0. The Morgan fingerprint density at radius 2 is 0.895 bits per heavy atom. The molecule has 1 amide bonds. The molecule has 0 aromatic carbocycles. The molecule has 0 aliphatic carbocycles. The van der Waals surface area contributed by atoms with Crippen LogP contribution in [-0.4, -0.2) is 46.9 Å². The molecule has 0 saturated carbocycles. The SMILES string of the molecule is CCCCC/C=C\C/C=C\C/C=C\C/C=C\CCCC(=O)OC(CCCCCCCCCCCCC)CC(=O)NC(CO)C(O)CCCCCCCCCCCC. The second-order valence-electron chi connectivity index (χ2n) is 16.5. The number of ether oxygens (including phenoxy) is 1. The maximum Gasteiger partial charge on any atom is 0.306 e. The Morgan fingerprint density at radius 3 is 1.35 bits per heavy atom. The number of amides is 1. The highest BCUT2D eigenvalue weighted by atomic mass is 16.5. The number of aliphatic hydroxyl groups excluding tert-OH is 2. The second kappa shape index (κ2) is 44.9. The molecule has 0 aliphatic rings. The summed E-state index contributed by atoms with van der Waals surface area (Å²) in [5, 5.41) is 23.6. The number of nitrogens with one attached hydrogen (secondary N) is 1. The molecule has 0 aromatic rings. The van der Waals surface area contributed by atoms with Crippen LogP contribution in [0.1, 0.15) is 239 Å². The molecule has 3 unspecified atom stereocenters. The topological polar surface area (TPSA) is 95.9 Å². The molecule has 6 nitrogen and oxygen atoms in total. The third-order valence-electron chi connectivity index (χ3n) is 10.9. The average molecular weight is 800 g/mol. The molecule has 0 fully saturated rings. The van der Waals surface area contributed by atoms with E-state index in [1.165, 1.54) is 122 Å². The number of carbonyl (C=O) groups is 2. The fourth-order valence-corrected chi connectivity index (χ4v) is 7.19. The summed E-state index contributed by atoms with van der Waals surface area (Å²) in [5.74, 6) is -0.537. The molecule has 3 atom stereocenters. The van der Waals surface area contributed by atoms with Gasteiger partial charge in [0.25, 0.3) is 0 Å². The Kier molecular flexibility index (Phi) is 43.2. The number of esters is 1. The predicted molar refractivity (Wildman–Crippen MR) is 245 cm³/mol. The molecule has 0 spiro atoms. The van der Waals surface area contributed by atoms with E-state index >= 15 is 0 Å². The van der Waals surface area contributed by atoms with Gasteiger partial charge >= 0.3 is 5.97 Å². The van der Waals surface area contributed by atoms with Gasteiger partial charge in [-0.05, 0) is 64.2 Å². The minimum atomic E-state index is -0.793. The Hall–Kier alpha value is -2.18. The average Bonchev–Trinajstić information content (AvgIpc) is 3.20. The van der Waals surface area contributed by atoms with Gasteiger partial charge in [-0.25, -0.2) is 0 Å². The van der Waals surface area contributed by atoms with Crippen molar-refractivity contribution >= 4 is 11.9 Å². The monoisotopic (exact) mass is 800 g/mol. The summed E-state index contributed by atoms with van der Waals surface area (Å²) in [6.45, 7) is 6.42. The van der Waals surface area contributed by atoms with Gasteiger partial charge in [0.1, 0.15) is 6.10 Å². The molecular formula is C51H93NO5. The minimum absolute atomic E-state index is 0.0577. The highest BCUT2D eigenvalue weighted by molar-refractivity contribution is 5.77. The van der Waals surface area contributed by atoms with Gasteiger partial charge in [0.2, 0.25) is 5.91 Å².